The Morgan fingerprint density at radius 1 is 1.59 bits per heavy atom. The van der Waals surface area contributed by atoms with Crippen LogP contribution >= 0.6 is 11.3 Å². The van der Waals surface area contributed by atoms with Crippen molar-refractivity contribution in [3.05, 3.63) is 22.2 Å². The summed E-state index contributed by atoms with van der Waals surface area (Å²) in [6, 6.07) is 0. The summed E-state index contributed by atoms with van der Waals surface area (Å²) in [5.41, 5.74) is 8.35. The quantitative estimate of drug-likeness (QED) is 0.899. The number of ether oxygens (including phenoxy) is 1. The standard InChI is InChI=1S/C13H20N2OS/c1-3-10(2)11-8-17-12(15-11)13(9-14)4-6-16-7-5-13/h3,8H,4-7,9,14H2,1-2H3/b10-3+. The molecule has 1 saturated heterocycles. The molecule has 1 aliphatic rings. The molecular formula is C13H20N2OS. The van der Waals surface area contributed by atoms with E-state index < -0.39 is 0 Å². The molecule has 2 heterocycles. The molecule has 2 rings (SSSR count). The van der Waals surface area contributed by atoms with Crippen molar-refractivity contribution in [2.24, 2.45) is 5.73 Å². The summed E-state index contributed by atoms with van der Waals surface area (Å²) in [5, 5.41) is 3.32. The maximum atomic E-state index is 5.98. The van der Waals surface area contributed by atoms with E-state index in [1.54, 1.807) is 11.3 Å². The highest BCUT2D eigenvalue weighted by molar-refractivity contribution is 7.10. The van der Waals surface area contributed by atoms with Crippen LogP contribution in [-0.2, 0) is 10.2 Å². The average molecular weight is 252 g/mol. The monoisotopic (exact) mass is 252 g/mol. The van der Waals surface area contributed by atoms with Gasteiger partial charge >= 0.3 is 0 Å². The molecule has 1 aromatic heterocycles. The molecule has 0 atom stereocenters. The zero-order chi connectivity index (χ0) is 12.3. The highest BCUT2D eigenvalue weighted by Gasteiger charge is 2.35. The third-order valence-corrected chi connectivity index (χ3v) is 4.72. The molecular weight excluding hydrogens is 232 g/mol. The van der Waals surface area contributed by atoms with Gasteiger partial charge in [-0.1, -0.05) is 6.08 Å². The second-order valence-corrected chi connectivity index (χ2v) is 5.46. The van der Waals surface area contributed by atoms with Crippen LogP contribution in [0, 0.1) is 0 Å². The van der Waals surface area contributed by atoms with Crippen LogP contribution in [0.2, 0.25) is 0 Å². The Morgan fingerprint density at radius 3 is 2.88 bits per heavy atom. The van der Waals surface area contributed by atoms with Gasteiger partial charge in [0.1, 0.15) is 5.01 Å². The average Bonchev–Trinajstić information content (AvgIpc) is 2.88. The molecule has 0 aliphatic carbocycles. The van der Waals surface area contributed by atoms with Gasteiger partial charge in [-0.25, -0.2) is 4.98 Å². The molecule has 4 heteroatoms. The number of hydrogen-bond acceptors (Lipinski definition) is 4. The Morgan fingerprint density at radius 2 is 2.29 bits per heavy atom. The molecule has 0 spiro atoms. The van der Waals surface area contributed by atoms with Crippen LogP contribution in [-0.4, -0.2) is 24.7 Å². The molecule has 0 amide bonds. The number of hydrogen-bond donors (Lipinski definition) is 1. The maximum Gasteiger partial charge on any atom is 0.101 e. The van der Waals surface area contributed by atoms with Crippen LogP contribution in [0.25, 0.3) is 5.57 Å². The summed E-state index contributed by atoms with van der Waals surface area (Å²) in [6.07, 6.45) is 4.08. The number of nitrogens with two attached hydrogens (primary N) is 1. The Labute approximate surface area is 107 Å². The molecule has 2 N–H and O–H groups in total. The predicted octanol–water partition coefficient (Wildman–Crippen LogP) is 2.57. The van der Waals surface area contributed by atoms with Crippen molar-refractivity contribution in [3.63, 3.8) is 0 Å². The molecule has 17 heavy (non-hydrogen) atoms. The lowest BCUT2D eigenvalue weighted by molar-refractivity contribution is 0.0528. The van der Waals surface area contributed by atoms with E-state index in [-0.39, 0.29) is 5.41 Å². The van der Waals surface area contributed by atoms with Crippen molar-refractivity contribution in [1.29, 1.82) is 0 Å². The minimum atomic E-state index is 0.0508. The highest BCUT2D eigenvalue weighted by atomic mass is 32.1. The van der Waals surface area contributed by atoms with E-state index in [2.05, 4.69) is 18.4 Å². The number of nitrogens with zero attached hydrogens (tertiary/aromatic N) is 1. The predicted molar refractivity (Wildman–Crippen MR) is 72.2 cm³/mol. The summed E-state index contributed by atoms with van der Waals surface area (Å²) >= 11 is 1.74. The summed E-state index contributed by atoms with van der Waals surface area (Å²) in [6.45, 7) is 6.40. The smallest absolute Gasteiger partial charge is 0.101 e. The molecule has 94 valence electrons. The van der Waals surface area contributed by atoms with Crippen LogP contribution in [0.1, 0.15) is 37.4 Å². The molecule has 0 aromatic carbocycles. The van der Waals surface area contributed by atoms with Crippen molar-refractivity contribution in [2.45, 2.75) is 32.1 Å². The lowest BCUT2D eigenvalue weighted by Crippen LogP contribution is -2.40. The number of thiazole rings is 1. The van der Waals surface area contributed by atoms with Crippen LogP contribution in [0.15, 0.2) is 11.5 Å². The topological polar surface area (TPSA) is 48.1 Å². The normalized spacial score (nSPS) is 20.5. The molecule has 1 aromatic rings. The van der Waals surface area contributed by atoms with Gasteiger partial charge in [0.05, 0.1) is 5.69 Å². The third kappa shape index (κ3) is 2.44. The minimum absolute atomic E-state index is 0.0508. The van der Waals surface area contributed by atoms with Crippen molar-refractivity contribution in [2.75, 3.05) is 19.8 Å². The van der Waals surface area contributed by atoms with E-state index in [0.29, 0.717) is 6.54 Å². The second kappa shape index (κ2) is 5.29. The molecule has 1 aliphatic heterocycles. The summed E-state index contributed by atoms with van der Waals surface area (Å²) in [4.78, 5) is 4.76. The van der Waals surface area contributed by atoms with Gasteiger partial charge in [0.25, 0.3) is 0 Å². The van der Waals surface area contributed by atoms with Crippen LogP contribution in [0.5, 0.6) is 0 Å². The van der Waals surface area contributed by atoms with Gasteiger partial charge in [-0.15, -0.1) is 11.3 Å². The van der Waals surface area contributed by atoms with E-state index in [9.17, 15) is 0 Å². The Balaban J connectivity index is 2.28. The first kappa shape index (κ1) is 12.7. The summed E-state index contributed by atoms with van der Waals surface area (Å²) < 4.78 is 5.43. The summed E-state index contributed by atoms with van der Waals surface area (Å²) in [7, 11) is 0. The lowest BCUT2D eigenvalue weighted by atomic mass is 9.81. The molecule has 0 unspecified atom stereocenters. The molecule has 0 saturated carbocycles. The maximum absolute atomic E-state index is 5.98. The van der Waals surface area contributed by atoms with Crippen molar-refractivity contribution >= 4 is 16.9 Å². The van der Waals surface area contributed by atoms with E-state index in [1.165, 1.54) is 10.6 Å². The van der Waals surface area contributed by atoms with Gasteiger partial charge < -0.3 is 10.5 Å². The fourth-order valence-corrected chi connectivity index (χ4v) is 3.26. The van der Waals surface area contributed by atoms with Gasteiger partial charge in [0.15, 0.2) is 0 Å². The third-order valence-electron chi connectivity index (χ3n) is 3.64. The molecule has 0 radical (unpaired) electrons. The van der Waals surface area contributed by atoms with E-state index in [0.717, 1.165) is 31.7 Å². The first-order valence-electron chi connectivity index (χ1n) is 6.09. The zero-order valence-corrected chi connectivity index (χ0v) is 11.3. The molecule has 0 bridgehead atoms. The fraction of sp³-hybridized carbons (Fsp3) is 0.615. The van der Waals surface area contributed by atoms with Crippen molar-refractivity contribution in [3.8, 4) is 0 Å². The van der Waals surface area contributed by atoms with E-state index in [1.807, 2.05) is 6.92 Å². The van der Waals surface area contributed by atoms with Gasteiger partial charge in [-0.05, 0) is 32.3 Å². The van der Waals surface area contributed by atoms with Gasteiger partial charge in [0.2, 0.25) is 0 Å². The van der Waals surface area contributed by atoms with Crippen molar-refractivity contribution < 1.29 is 4.74 Å². The number of allylic oxidation sites excluding steroid dienone is 2. The van der Waals surface area contributed by atoms with Crippen molar-refractivity contribution in [1.82, 2.24) is 4.98 Å². The first-order valence-corrected chi connectivity index (χ1v) is 6.97. The van der Waals surface area contributed by atoms with Crippen LogP contribution in [0.4, 0.5) is 0 Å². The lowest BCUT2D eigenvalue weighted by Gasteiger charge is -2.34. The number of rotatable bonds is 3. The number of aromatic nitrogens is 1. The van der Waals surface area contributed by atoms with Crippen LogP contribution < -0.4 is 5.73 Å². The largest absolute Gasteiger partial charge is 0.381 e. The van der Waals surface area contributed by atoms with Gasteiger partial charge in [0, 0.05) is 30.6 Å². The second-order valence-electron chi connectivity index (χ2n) is 4.61. The zero-order valence-electron chi connectivity index (χ0n) is 10.5. The van der Waals surface area contributed by atoms with E-state index >= 15 is 0 Å². The summed E-state index contributed by atoms with van der Waals surface area (Å²) in [5.74, 6) is 0. The van der Waals surface area contributed by atoms with Gasteiger partial charge in [-0.3, -0.25) is 0 Å². The first-order chi connectivity index (χ1) is 8.22. The molecule has 1 fully saturated rings. The van der Waals surface area contributed by atoms with E-state index in [4.69, 9.17) is 15.5 Å². The minimum Gasteiger partial charge on any atom is -0.381 e. The fourth-order valence-electron chi connectivity index (χ4n) is 2.11. The van der Waals surface area contributed by atoms with Crippen LogP contribution in [0.3, 0.4) is 0 Å². The Kier molecular flexibility index (Phi) is 3.97. The highest BCUT2D eigenvalue weighted by Crippen LogP contribution is 2.36. The SMILES string of the molecule is C/C=C(\C)c1csc(C2(CN)CCOCC2)n1. The van der Waals surface area contributed by atoms with Gasteiger partial charge in [-0.2, -0.15) is 0 Å². The molecule has 3 nitrogen and oxygen atoms in total. The Bertz CT molecular complexity index is 405. The Hall–Kier alpha value is -0.710.